The van der Waals surface area contributed by atoms with Crippen LogP contribution in [0.15, 0.2) is 16.5 Å². The van der Waals surface area contributed by atoms with Gasteiger partial charge in [-0.1, -0.05) is 6.92 Å². The highest BCUT2D eigenvalue weighted by molar-refractivity contribution is 5.12. The number of rotatable bonds is 5. The summed E-state index contributed by atoms with van der Waals surface area (Å²) < 4.78 is 5.72. The topological polar surface area (TPSA) is 68.8 Å². The summed E-state index contributed by atoms with van der Waals surface area (Å²) in [5.74, 6) is 2.62. The molecule has 0 saturated heterocycles. The molecule has 17 heavy (non-hydrogen) atoms. The van der Waals surface area contributed by atoms with Crippen molar-refractivity contribution >= 4 is 0 Å². The molecule has 0 spiro atoms. The van der Waals surface area contributed by atoms with E-state index in [1.54, 1.807) is 7.05 Å². The lowest BCUT2D eigenvalue weighted by molar-refractivity contribution is 0.403. The minimum Gasteiger partial charge on any atom is -0.464 e. The second kappa shape index (κ2) is 5.09. The molecule has 6 nitrogen and oxygen atoms in total. The predicted molar refractivity (Wildman–Crippen MR) is 62.4 cm³/mol. The summed E-state index contributed by atoms with van der Waals surface area (Å²) in [6.45, 7) is 2.07. The quantitative estimate of drug-likeness (QED) is 0.832. The summed E-state index contributed by atoms with van der Waals surface area (Å²) in [6, 6.07) is 4.08. The summed E-state index contributed by atoms with van der Waals surface area (Å²) in [5, 5.41) is 15.2. The summed E-state index contributed by atoms with van der Waals surface area (Å²) >= 11 is 0. The molecule has 1 atom stereocenters. The maximum absolute atomic E-state index is 5.72. The second-order valence-corrected chi connectivity index (χ2v) is 3.90. The zero-order chi connectivity index (χ0) is 12.3. The zero-order valence-corrected chi connectivity index (χ0v) is 10.3. The number of nitrogens with one attached hydrogen (secondary N) is 1. The van der Waals surface area contributed by atoms with Crippen molar-refractivity contribution in [2.45, 2.75) is 25.8 Å². The van der Waals surface area contributed by atoms with Crippen LogP contribution in [0.1, 0.15) is 30.3 Å². The first-order valence-electron chi connectivity index (χ1n) is 5.71. The van der Waals surface area contributed by atoms with E-state index in [0.717, 1.165) is 17.9 Å². The molecule has 0 radical (unpaired) electrons. The number of hydrogen-bond donors (Lipinski definition) is 1. The number of aromatic nitrogens is 4. The van der Waals surface area contributed by atoms with Gasteiger partial charge in [-0.05, 0) is 24.4 Å². The van der Waals surface area contributed by atoms with Crippen LogP contribution in [0.4, 0.5) is 0 Å². The van der Waals surface area contributed by atoms with Gasteiger partial charge in [0.1, 0.15) is 11.5 Å². The smallest absolute Gasteiger partial charge is 0.176 e. The molecule has 1 N–H and O–H groups in total. The third kappa shape index (κ3) is 2.71. The Morgan fingerprint density at radius 2 is 2.29 bits per heavy atom. The fraction of sp³-hybridized carbons (Fsp3) is 0.545. The lowest BCUT2D eigenvalue weighted by atomic mass is 10.1. The molecule has 6 heteroatoms. The molecule has 2 heterocycles. The first-order valence-corrected chi connectivity index (χ1v) is 5.71. The van der Waals surface area contributed by atoms with Crippen molar-refractivity contribution in [1.29, 1.82) is 0 Å². The number of likely N-dealkylation sites (N-methyl/N-ethyl adjacent to an activating group) is 1. The molecule has 0 aliphatic heterocycles. The van der Waals surface area contributed by atoms with Gasteiger partial charge < -0.3 is 9.73 Å². The van der Waals surface area contributed by atoms with Crippen LogP contribution in [-0.4, -0.2) is 27.3 Å². The van der Waals surface area contributed by atoms with Crippen LogP contribution in [0, 0.1) is 0 Å². The molecule has 2 aromatic rings. The van der Waals surface area contributed by atoms with E-state index in [-0.39, 0.29) is 6.04 Å². The van der Waals surface area contributed by atoms with Crippen molar-refractivity contribution in [3.8, 4) is 0 Å². The van der Waals surface area contributed by atoms with E-state index >= 15 is 0 Å². The highest BCUT2D eigenvalue weighted by Crippen LogP contribution is 2.19. The molecule has 0 aliphatic carbocycles. The van der Waals surface area contributed by atoms with Crippen LogP contribution in [0.5, 0.6) is 0 Å². The van der Waals surface area contributed by atoms with Crippen molar-refractivity contribution in [2.75, 3.05) is 7.05 Å². The largest absolute Gasteiger partial charge is 0.464 e. The molecule has 2 rings (SSSR count). The van der Waals surface area contributed by atoms with Crippen molar-refractivity contribution in [2.24, 2.45) is 7.05 Å². The Hall–Kier alpha value is -1.69. The average molecular weight is 235 g/mol. The van der Waals surface area contributed by atoms with E-state index in [1.165, 1.54) is 4.80 Å². The molecule has 1 unspecified atom stereocenters. The third-order valence-corrected chi connectivity index (χ3v) is 2.66. The Morgan fingerprint density at radius 1 is 1.47 bits per heavy atom. The van der Waals surface area contributed by atoms with Gasteiger partial charge in [0, 0.05) is 12.8 Å². The average Bonchev–Trinajstić information content (AvgIpc) is 2.94. The molecule has 0 aliphatic rings. The van der Waals surface area contributed by atoms with Gasteiger partial charge in [-0.25, -0.2) is 0 Å². The summed E-state index contributed by atoms with van der Waals surface area (Å²) in [6.07, 6.45) is 1.57. The zero-order valence-electron chi connectivity index (χ0n) is 10.3. The van der Waals surface area contributed by atoms with Crippen molar-refractivity contribution in [3.05, 3.63) is 29.5 Å². The predicted octanol–water partition coefficient (Wildman–Crippen LogP) is 0.869. The van der Waals surface area contributed by atoms with Gasteiger partial charge in [-0.15, -0.1) is 10.2 Å². The van der Waals surface area contributed by atoms with E-state index in [1.807, 2.05) is 19.2 Å². The van der Waals surface area contributed by atoms with E-state index in [4.69, 9.17) is 4.42 Å². The van der Waals surface area contributed by atoms with Crippen molar-refractivity contribution < 1.29 is 4.42 Å². The lowest BCUT2D eigenvalue weighted by Crippen LogP contribution is -2.19. The SMILES string of the molecule is CCc1ccc(C(Cc2nnn(C)n2)NC)o1. The Labute approximate surface area is 100 Å². The van der Waals surface area contributed by atoms with Crippen LogP contribution in [0.25, 0.3) is 0 Å². The van der Waals surface area contributed by atoms with Crippen molar-refractivity contribution in [3.63, 3.8) is 0 Å². The fourth-order valence-corrected chi connectivity index (χ4v) is 1.70. The molecular formula is C11H17N5O. The summed E-state index contributed by atoms with van der Waals surface area (Å²) in [7, 11) is 3.65. The van der Waals surface area contributed by atoms with Crippen LogP contribution in [-0.2, 0) is 19.9 Å². The highest BCUT2D eigenvalue weighted by atomic mass is 16.3. The number of aryl methyl sites for hydroxylation is 2. The molecule has 0 fully saturated rings. The van der Waals surface area contributed by atoms with Crippen molar-refractivity contribution in [1.82, 2.24) is 25.5 Å². The Balaban J connectivity index is 2.10. The van der Waals surface area contributed by atoms with Gasteiger partial charge in [-0.2, -0.15) is 4.80 Å². The number of furan rings is 1. The van der Waals surface area contributed by atoms with Gasteiger partial charge in [-0.3, -0.25) is 0 Å². The standard InChI is InChI=1S/C11H17N5O/c1-4-8-5-6-10(17-8)9(12-2)7-11-13-15-16(3)14-11/h5-6,9,12H,4,7H2,1-3H3. The Bertz CT molecular complexity index is 476. The minimum atomic E-state index is 0.0829. The summed E-state index contributed by atoms with van der Waals surface area (Å²) in [4.78, 5) is 1.46. The van der Waals surface area contributed by atoms with Crippen LogP contribution < -0.4 is 5.32 Å². The number of hydrogen-bond acceptors (Lipinski definition) is 5. The Kier molecular flexibility index (Phi) is 3.53. The monoisotopic (exact) mass is 235 g/mol. The van der Waals surface area contributed by atoms with Gasteiger partial charge in [0.2, 0.25) is 0 Å². The minimum absolute atomic E-state index is 0.0829. The van der Waals surface area contributed by atoms with E-state index in [9.17, 15) is 0 Å². The second-order valence-electron chi connectivity index (χ2n) is 3.90. The van der Waals surface area contributed by atoms with E-state index in [2.05, 4.69) is 27.7 Å². The molecular weight excluding hydrogens is 218 g/mol. The maximum atomic E-state index is 5.72. The molecule has 2 aromatic heterocycles. The number of tetrazole rings is 1. The van der Waals surface area contributed by atoms with E-state index < -0.39 is 0 Å². The molecule has 0 saturated carbocycles. The molecule has 0 aromatic carbocycles. The first kappa shape index (κ1) is 11.8. The molecule has 0 bridgehead atoms. The highest BCUT2D eigenvalue weighted by Gasteiger charge is 2.16. The van der Waals surface area contributed by atoms with Gasteiger partial charge in [0.15, 0.2) is 5.82 Å². The maximum Gasteiger partial charge on any atom is 0.176 e. The van der Waals surface area contributed by atoms with E-state index in [0.29, 0.717) is 12.2 Å². The normalized spacial score (nSPS) is 12.9. The molecule has 0 amide bonds. The summed E-state index contributed by atoms with van der Waals surface area (Å²) in [5.41, 5.74) is 0. The number of nitrogens with zero attached hydrogens (tertiary/aromatic N) is 4. The van der Waals surface area contributed by atoms with Crippen LogP contribution in [0.3, 0.4) is 0 Å². The Morgan fingerprint density at radius 3 is 2.82 bits per heavy atom. The van der Waals surface area contributed by atoms with Crippen LogP contribution in [0.2, 0.25) is 0 Å². The lowest BCUT2D eigenvalue weighted by Gasteiger charge is -2.10. The first-order chi connectivity index (χ1) is 8.22. The van der Waals surface area contributed by atoms with Gasteiger partial charge >= 0.3 is 0 Å². The van der Waals surface area contributed by atoms with Gasteiger partial charge in [0.05, 0.1) is 13.1 Å². The third-order valence-electron chi connectivity index (χ3n) is 2.66. The van der Waals surface area contributed by atoms with Gasteiger partial charge in [0.25, 0.3) is 0 Å². The fourth-order valence-electron chi connectivity index (χ4n) is 1.70. The molecule has 92 valence electrons. The van der Waals surface area contributed by atoms with Crippen LogP contribution >= 0.6 is 0 Å².